The molecule has 5 heteroatoms. The normalized spacial score (nSPS) is 15.2. The first kappa shape index (κ1) is 17.2. The molecule has 2 rings (SSSR count). The summed E-state index contributed by atoms with van der Waals surface area (Å²) in [7, 11) is 0. The van der Waals surface area contributed by atoms with Crippen LogP contribution in [0.2, 0.25) is 0 Å². The lowest BCUT2D eigenvalue weighted by atomic mass is 9.84. The predicted molar refractivity (Wildman–Crippen MR) is 87.8 cm³/mol. The molecule has 1 N–H and O–H groups in total. The highest BCUT2D eigenvalue weighted by atomic mass is 16.2. The Bertz CT molecular complexity index is 606. The van der Waals surface area contributed by atoms with Crippen LogP contribution in [0, 0.1) is 6.92 Å². The third-order valence-corrected chi connectivity index (χ3v) is 4.24. The van der Waals surface area contributed by atoms with Crippen LogP contribution in [0.25, 0.3) is 0 Å². The summed E-state index contributed by atoms with van der Waals surface area (Å²) in [6.07, 6.45) is 0.684. The summed E-state index contributed by atoms with van der Waals surface area (Å²) in [4.78, 5) is 36.2. The van der Waals surface area contributed by atoms with E-state index in [4.69, 9.17) is 0 Å². The van der Waals surface area contributed by atoms with Gasteiger partial charge in [0.25, 0.3) is 0 Å². The summed E-state index contributed by atoms with van der Waals surface area (Å²) >= 11 is 0. The van der Waals surface area contributed by atoms with Crippen LogP contribution in [0.15, 0.2) is 24.3 Å². The van der Waals surface area contributed by atoms with Crippen molar-refractivity contribution in [3.05, 3.63) is 35.4 Å². The topological polar surface area (TPSA) is 66.5 Å². The SMILES string of the molecule is Cc1cccc(C(C)(C)CNC(=O)CCN2C(=O)CCC2=O)c1. The summed E-state index contributed by atoms with van der Waals surface area (Å²) in [5, 5.41) is 2.91. The van der Waals surface area contributed by atoms with Crippen molar-refractivity contribution in [3.63, 3.8) is 0 Å². The zero-order valence-corrected chi connectivity index (χ0v) is 14.0. The first-order valence-electron chi connectivity index (χ1n) is 7.96. The molecule has 5 nitrogen and oxygen atoms in total. The van der Waals surface area contributed by atoms with E-state index in [1.807, 2.05) is 19.1 Å². The monoisotopic (exact) mass is 316 g/mol. The summed E-state index contributed by atoms with van der Waals surface area (Å²) in [6, 6.07) is 8.23. The van der Waals surface area contributed by atoms with Gasteiger partial charge in [-0.1, -0.05) is 43.7 Å². The van der Waals surface area contributed by atoms with Gasteiger partial charge in [-0.15, -0.1) is 0 Å². The minimum Gasteiger partial charge on any atom is -0.355 e. The van der Waals surface area contributed by atoms with E-state index >= 15 is 0 Å². The average Bonchev–Trinajstić information content (AvgIpc) is 2.82. The molecular formula is C18H24N2O3. The van der Waals surface area contributed by atoms with Crippen LogP contribution in [0.4, 0.5) is 0 Å². The first-order chi connectivity index (χ1) is 10.8. The van der Waals surface area contributed by atoms with E-state index in [1.54, 1.807) is 0 Å². The number of carbonyl (C=O) groups is 3. The van der Waals surface area contributed by atoms with Gasteiger partial charge in [-0.3, -0.25) is 19.3 Å². The van der Waals surface area contributed by atoms with Crippen molar-refractivity contribution in [2.24, 2.45) is 0 Å². The standard InChI is InChI=1S/C18H24N2O3/c1-13-5-4-6-14(11-13)18(2,3)12-19-15(21)9-10-20-16(22)7-8-17(20)23/h4-6,11H,7-10,12H2,1-3H3,(H,19,21). The second-order valence-electron chi connectivity index (χ2n) is 6.72. The number of carbonyl (C=O) groups excluding carboxylic acids is 3. The van der Waals surface area contributed by atoms with E-state index in [0.717, 1.165) is 0 Å². The molecule has 0 saturated carbocycles. The molecule has 0 aliphatic carbocycles. The second-order valence-corrected chi connectivity index (χ2v) is 6.72. The molecule has 0 atom stereocenters. The minimum absolute atomic E-state index is 0.141. The van der Waals surface area contributed by atoms with E-state index in [0.29, 0.717) is 6.54 Å². The maximum atomic E-state index is 12.0. The molecule has 0 bridgehead atoms. The fourth-order valence-corrected chi connectivity index (χ4v) is 2.66. The summed E-state index contributed by atoms with van der Waals surface area (Å²) < 4.78 is 0. The molecule has 1 aliphatic rings. The number of rotatable bonds is 6. The maximum absolute atomic E-state index is 12.0. The number of likely N-dealkylation sites (tertiary alicyclic amines) is 1. The minimum atomic E-state index is -0.180. The van der Waals surface area contributed by atoms with Crippen molar-refractivity contribution >= 4 is 17.7 Å². The fourth-order valence-electron chi connectivity index (χ4n) is 2.66. The van der Waals surface area contributed by atoms with Gasteiger partial charge in [0, 0.05) is 37.8 Å². The average molecular weight is 316 g/mol. The van der Waals surface area contributed by atoms with E-state index in [-0.39, 0.29) is 48.9 Å². The third-order valence-electron chi connectivity index (χ3n) is 4.24. The second kappa shape index (κ2) is 6.94. The van der Waals surface area contributed by atoms with Crippen LogP contribution in [0.1, 0.15) is 44.2 Å². The Hall–Kier alpha value is -2.17. The van der Waals surface area contributed by atoms with Gasteiger partial charge in [-0.05, 0) is 12.5 Å². The summed E-state index contributed by atoms with van der Waals surface area (Å²) in [6.45, 7) is 6.89. The Morgan fingerprint density at radius 2 is 1.87 bits per heavy atom. The Morgan fingerprint density at radius 1 is 1.22 bits per heavy atom. The molecule has 23 heavy (non-hydrogen) atoms. The molecule has 1 aliphatic heterocycles. The molecule has 0 aromatic heterocycles. The molecular weight excluding hydrogens is 292 g/mol. The van der Waals surface area contributed by atoms with Crippen molar-refractivity contribution in [2.75, 3.05) is 13.1 Å². The molecule has 0 radical (unpaired) electrons. The lowest BCUT2D eigenvalue weighted by Crippen LogP contribution is -2.39. The largest absolute Gasteiger partial charge is 0.355 e. The third kappa shape index (κ3) is 4.41. The van der Waals surface area contributed by atoms with E-state index in [1.165, 1.54) is 16.0 Å². The molecule has 1 aromatic rings. The van der Waals surface area contributed by atoms with Crippen molar-refractivity contribution < 1.29 is 14.4 Å². The van der Waals surface area contributed by atoms with Gasteiger partial charge < -0.3 is 5.32 Å². The molecule has 124 valence electrons. The highest BCUT2D eigenvalue weighted by molar-refractivity contribution is 6.02. The number of imide groups is 1. The zero-order valence-electron chi connectivity index (χ0n) is 14.0. The molecule has 0 unspecified atom stereocenters. The van der Waals surface area contributed by atoms with Crippen molar-refractivity contribution in [2.45, 2.75) is 45.4 Å². The number of hydrogen-bond acceptors (Lipinski definition) is 3. The number of benzene rings is 1. The highest BCUT2D eigenvalue weighted by Crippen LogP contribution is 2.23. The van der Waals surface area contributed by atoms with Crippen LogP contribution in [0.5, 0.6) is 0 Å². The number of nitrogens with zero attached hydrogens (tertiary/aromatic N) is 1. The predicted octanol–water partition coefficient (Wildman–Crippen LogP) is 1.93. The molecule has 1 fully saturated rings. The Balaban J connectivity index is 1.84. The van der Waals surface area contributed by atoms with Gasteiger partial charge in [0.05, 0.1) is 0 Å². The van der Waals surface area contributed by atoms with Crippen molar-refractivity contribution in [1.29, 1.82) is 0 Å². The lowest BCUT2D eigenvalue weighted by molar-refractivity contribution is -0.138. The van der Waals surface area contributed by atoms with Gasteiger partial charge in [-0.2, -0.15) is 0 Å². The first-order valence-corrected chi connectivity index (χ1v) is 7.96. The number of hydrogen-bond donors (Lipinski definition) is 1. The van der Waals surface area contributed by atoms with E-state index in [9.17, 15) is 14.4 Å². The van der Waals surface area contributed by atoms with Gasteiger partial charge >= 0.3 is 0 Å². The number of nitrogens with one attached hydrogen (secondary N) is 1. The zero-order chi connectivity index (χ0) is 17.0. The Labute approximate surface area is 137 Å². The molecule has 1 saturated heterocycles. The van der Waals surface area contributed by atoms with Crippen molar-refractivity contribution in [1.82, 2.24) is 10.2 Å². The van der Waals surface area contributed by atoms with Gasteiger partial charge in [0.15, 0.2) is 0 Å². The van der Waals surface area contributed by atoms with Crippen LogP contribution in [-0.2, 0) is 19.8 Å². The van der Waals surface area contributed by atoms with Crippen LogP contribution >= 0.6 is 0 Å². The quantitative estimate of drug-likeness (QED) is 0.816. The fraction of sp³-hybridized carbons (Fsp3) is 0.500. The van der Waals surface area contributed by atoms with E-state index < -0.39 is 0 Å². The van der Waals surface area contributed by atoms with Gasteiger partial charge in [0.1, 0.15) is 0 Å². The lowest BCUT2D eigenvalue weighted by Gasteiger charge is -2.26. The Morgan fingerprint density at radius 3 is 2.48 bits per heavy atom. The smallest absolute Gasteiger partial charge is 0.229 e. The maximum Gasteiger partial charge on any atom is 0.229 e. The van der Waals surface area contributed by atoms with Crippen molar-refractivity contribution in [3.8, 4) is 0 Å². The molecule has 1 heterocycles. The number of aryl methyl sites for hydroxylation is 1. The van der Waals surface area contributed by atoms with Crippen LogP contribution in [0.3, 0.4) is 0 Å². The van der Waals surface area contributed by atoms with E-state index in [2.05, 4.69) is 31.3 Å². The van der Waals surface area contributed by atoms with Crippen LogP contribution < -0.4 is 5.32 Å². The molecule has 3 amide bonds. The number of amides is 3. The summed E-state index contributed by atoms with van der Waals surface area (Å²) in [5.41, 5.74) is 2.18. The molecule has 1 aromatic carbocycles. The van der Waals surface area contributed by atoms with Crippen LogP contribution in [-0.4, -0.2) is 35.7 Å². The molecule has 0 spiro atoms. The Kier molecular flexibility index (Phi) is 5.19. The highest BCUT2D eigenvalue weighted by Gasteiger charge is 2.29. The van der Waals surface area contributed by atoms with Gasteiger partial charge in [-0.25, -0.2) is 0 Å². The van der Waals surface area contributed by atoms with Gasteiger partial charge in [0.2, 0.25) is 17.7 Å². The summed E-state index contributed by atoms with van der Waals surface area (Å²) in [5.74, 6) is -0.496.